The molecule has 1 N–H and O–H groups in total. The average Bonchev–Trinajstić information content (AvgIpc) is 2.59. The van der Waals surface area contributed by atoms with Gasteiger partial charge in [-0.25, -0.2) is 4.39 Å². The third-order valence-electron chi connectivity index (χ3n) is 3.34. The number of halogens is 2. The fourth-order valence-corrected chi connectivity index (χ4v) is 2.69. The summed E-state index contributed by atoms with van der Waals surface area (Å²) in [5, 5.41) is 3.70. The van der Waals surface area contributed by atoms with Crippen LogP contribution in [0.5, 0.6) is 0 Å². The Balaban J connectivity index is 2.25. The molecule has 0 aliphatic carbocycles. The van der Waals surface area contributed by atoms with Gasteiger partial charge in [0, 0.05) is 21.8 Å². The van der Waals surface area contributed by atoms with Crippen molar-refractivity contribution in [1.29, 1.82) is 0 Å². The van der Waals surface area contributed by atoms with Gasteiger partial charge in [-0.2, -0.15) is 0 Å². The van der Waals surface area contributed by atoms with Gasteiger partial charge < -0.3 is 5.32 Å². The van der Waals surface area contributed by atoms with Crippen molar-refractivity contribution in [3.63, 3.8) is 0 Å². The van der Waals surface area contributed by atoms with Crippen LogP contribution in [0.3, 0.4) is 0 Å². The first kappa shape index (κ1) is 14.2. The third kappa shape index (κ3) is 2.69. The van der Waals surface area contributed by atoms with Crippen molar-refractivity contribution in [1.82, 2.24) is 0 Å². The molecule has 0 radical (unpaired) electrons. The van der Waals surface area contributed by atoms with Crippen molar-refractivity contribution in [2.24, 2.45) is 4.99 Å². The first-order valence-electron chi connectivity index (χ1n) is 6.46. The Morgan fingerprint density at radius 3 is 2.76 bits per heavy atom. The highest BCUT2D eigenvalue weighted by molar-refractivity contribution is 7.80. The predicted molar refractivity (Wildman–Crippen MR) is 89.3 cm³/mol. The molecule has 21 heavy (non-hydrogen) atoms. The molecule has 0 atom stereocenters. The lowest BCUT2D eigenvalue weighted by molar-refractivity contribution is 0.618. The molecule has 1 aliphatic rings. The molecule has 0 amide bonds. The van der Waals surface area contributed by atoms with E-state index in [2.05, 4.69) is 10.3 Å². The molecule has 0 bridgehead atoms. The summed E-state index contributed by atoms with van der Waals surface area (Å²) in [4.78, 5) is 5.11. The number of anilines is 1. The molecule has 0 saturated heterocycles. The van der Waals surface area contributed by atoms with Crippen molar-refractivity contribution in [3.05, 3.63) is 63.9 Å². The number of nitrogens with zero attached hydrogens (tertiary/aromatic N) is 1. The molecule has 0 unspecified atom stereocenters. The zero-order valence-corrected chi connectivity index (χ0v) is 12.9. The second-order valence-corrected chi connectivity index (χ2v) is 5.74. The van der Waals surface area contributed by atoms with Gasteiger partial charge in [0.25, 0.3) is 0 Å². The number of nitrogens with one attached hydrogen (secondary N) is 1. The Bertz CT molecular complexity index is 771. The summed E-state index contributed by atoms with van der Waals surface area (Å²) in [6, 6.07) is 10.6. The average molecular weight is 319 g/mol. The first-order chi connectivity index (χ1) is 10.1. The Morgan fingerprint density at radius 2 is 2.00 bits per heavy atom. The maximum Gasteiger partial charge on any atom is 0.126 e. The number of aliphatic imine (C=N–C) groups is 1. The molecule has 2 aromatic rings. The quantitative estimate of drug-likeness (QED) is 0.789. The normalized spacial score (nSPS) is 14.0. The minimum Gasteiger partial charge on any atom is -0.348 e. The van der Waals surface area contributed by atoms with Gasteiger partial charge in [0.05, 0.1) is 12.3 Å². The van der Waals surface area contributed by atoms with Crippen LogP contribution in [-0.4, -0.2) is 17.2 Å². The van der Waals surface area contributed by atoms with Gasteiger partial charge >= 0.3 is 0 Å². The number of fused-ring (bicyclic) bond motifs is 1. The molecule has 1 aliphatic heterocycles. The number of hydrogen-bond donors (Lipinski definition) is 1. The van der Waals surface area contributed by atoms with Crippen molar-refractivity contribution in [3.8, 4) is 0 Å². The molecule has 5 heteroatoms. The second kappa shape index (κ2) is 5.54. The molecule has 106 valence electrons. The smallest absolute Gasteiger partial charge is 0.126 e. The van der Waals surface area contributed by atoms with Crippen molar-refractivity contribution < 1.29 is 4.39 Å². The minimum atomic E-state index is -0.275. The van der Waals surface area contributed by atoms with Gasteiger partial charge in [0.1, 0.15) is 10.8 Å². The van der Waals surface area contributed by atoms with Crippen molar-refractivity contribution in [2.45, 2.75) is 6.92 Å². The largest absolute Gasteiger partial charge is 0.348 e. The second-order valence-electron chi connectivity index (χ2n) is 4.84. The number of benzene rings is 2. The molecule has 3 rings (SSSR count). The predicted octanol–water partition coefficient (Wildman–Crippen LogP) is 4.38. The van der Waals surface area contributed by atoms with E-state index in [4.69, 9.17) is 23.8 Å². The Hall–Kier alpha value is -1.78. The highest BCUT2D eigenvalue weighted by atomic mass is 35.5. The Labute approximate surface area is 132 Å². The lowest BCUT2D eigenvalue weighted by Crippen LogP contribution is -2.11. The first-order valence-corrected chi connectivity index (χ1v) is 7.24. The maximum atomic E-state index is 14.0. The summed E-state index contributed by atoms with van der Waals surface area (Å²) < 4.78 is 14.0. The van der Waals surface area contributed by atoms with E-state index in [1.807, 2.05) is 18.2 Å². The Kier molecular flexibility index (Phi) is 3.74. The van der Waals surface area contributed by atoms with E-state index in [9.17, 15) is 4.39 Å². The van der Waals surface area contributed by atoms with E-state index >= 15 is 0 Å². The molecular formula is C16H12ClFN2S. The zero-order chi connectivity index (χ0) is 15.0. The van der Waals surface area contributed by atoms with E-state index in [1.54, 1.807) is 19.1 Å². The van der Waals surface area contributed by atoms with Gasteiger partial charge in [-0.1, -0.05) is 42.0 Å². The molecular weight excluding hydrogens is 307 g/mol. The van der Waals surface area contributed by atoms with Gasteiger partial charge in [-0.15, -0.1) is 0 Å². The standard InChI is InChI=1S/C16H12ClFN2S/c1-9-6-14-11(7-13(9)18)16(19-8-15(21)20-14)10-4-2-3-5-12(10)17/h2-7H,8H2,1H3,(H,20,21). The van der Waals surface area contributed by atoms with Crippen LogP contribution in [0.4, 0.5) is 10.1 Å². The van der Waals surface area contributed by atoms with E-state index < -0.39 is 0 Å². The number of benzodiazepines with no additional fused rings is 1. The van der Waals surface area contributed by atoms with Crippen LogP contribution < -0.4 is 5.32 Å². The van der Waals surface area contributed by atoms with Gasteiger partial charge in [0.2, 0.25) is 0 Å². The van der Waals surface area contributed by atoms with Crippen LogP contribution in [0.25, 0.3) is 0 Å². The monoisotopic (exact) mass is 318 g/mol. The summed E-state index contributed by atoms with van der Waals surface area (Å²) in [6.07, 6.45) is 0. The molecule has 1 heterocycles. The molecule has 0 saturated carbocycles. The van der Waals surface area contributed by atoms with E-state index in [1.165, 1.54) is 6.07 Å². The Morgan fingerprint density at radius 1 is 1.24 bits per heavy atom. The van der Waals surface area contributed by atoms with Crippen LogP contribution in [0.1, 0.15) is 16.7 Å². The van der Waals surface area contributed by atoms with E-state index in [-0.39, 0.29) is 5.82 Å². The van der Waals surface area contributed by atoms with Crippen LogP contribution in [-0.2, 0) is 0 Å². The highest BCUT2D eigenvalue weighted by Crippen LogP contribution is 2.28. The summed E-state index contributed by atoms with van der Waals surface area (Å²) in [7, 11) is 0. The van der Waals surface area contributed by atoms with Gasteiger partial charge in [-0.3, -0.25) is 4.99 Å². The maximum absolute atomic E-state index is 14.0. The molecule has 0 aromatic heterocycles. The lowest BCUT2D eigenvalue weighted by Gasteiger charge is -2.13. The molecule has 0 spiro atoms. The number of hydrogen-bond acceptors (Lipinski definition) is 2. The number of rotatable bonds is 1. The van der Waals surface area contributed by atoms with Gasteiger partial charge in [0.15, 0.2) is 0 Å². The van der Waals surface area contributed by atoms with Crippen LogP contribution in [0, 0.1) is 12.7 Å². The molecule has 2 aromatic carbocycles. The summed E-state index contributed by atoms with van der Waals surface area (Å²) in [5.41, 5.74) is 3.42. The van der Waals surface area contributed by atoms with Crippen molar-refractivity contribution >= 4 is 40.2 Å². The van der Waals surface area contributed by atoms with Crippen molar-refractivity contribution in [2.75, 3.05) is 11.9 Å². The fraction of sp³-hybridized carbons (Fsp3) is 0.125. The number of thiocarbonyl (C=S) groups is 1. The summed E-state index contributed by atoms with van der Waals surface area (Å²) in [6.45, 7) is 2.07. The van der Waals surface area contributed by atoms with E-state index in [0.717, 1.165) is 11.3 Å². The number of aryl methyl sites for hydroxylation is 1. The third-order valence-corrected chi connectivity index (χ3v) is 3.90. The van der Waals surface area contributed by atoms with Crippen LogP contribution in [0.15, 0.2) is 41.4 Å². The fourth-order valence-electron chi connectivity index (χ4n) is 2.29. The highest BCUT2D eigenvalue weighted by Gasteiger charge is 2.19. The van der Waals surface area contributed by atoms with Crippen LogP contribution in [0.2, 0.25) is 5.02 Å². The zero-order valence-electron chi connectivity index (χ0n) is 11.3. The molecule has 2 nitrogen and oxygen atoms in total. The van der Waals surface area contributed by atoms with Crippen LogP contribution >= 0.6 is 23.8 Å². The lowest BCUT2D eigenvalue weighted by atomic mass is 9.99. The minimum absolute atomic E-state index is 0.275. The summed E-state index contributed by atoms with van der Waals surface area (Å²) >= 11 is 11.5. The molecule has 0 fully saturated rings. The summed E-state index contributed by atoms with van der Waals surface area (Å²) in [5.74, 6) is -0.275. The topological polar surface area (TPSA) is 24.4 Å². The van der Waals surface area contributed by atoms with Gasteiger partial charge in [-0.05, 0) is 30.7 Å². The SMILES string of the molecule is Cc1cc2c(cc1F)C(c1ccccc1Cl)=NCC(=S)N2. The van der Waals surface area contributed by atoms with E-state index in [0.29, 0.717) is 33.4 Å².